The van der Waals surface area contributed by atoms with Crippen LogP contribution in [0.4, 0.5) is 0 Å². The summed E-state index contributed by atoms with van der Waals surface area (Å²) in [5.41, 5.74) is 3.06. The Balaban J connectivity index is 1.93. The first-order chi connectivity index (χ1) is 9.63. The molecule has 0 saturated carbocycles. The van der Waals surface area contributed by atoms with E-state index in [0.29, 0.717) is 4.88 Å². The maximum absolute atomic E-state index is 11.7. The summed E-state index contributed by atoms with van der Waals surface area (Å²) in [6, 6.07) is 0. The quantitative estimate of drug-likeness (QED) is 0.492. The van der Waals surface area contributed by atoms with Gasteiger partial charge in [0.2, 0.25) is 0 Å². The van der Waals surface area contributed by atoms with Crippen LogP contribution >= 0.6 is 11.3 Å². The molecular weight excluding hydrogens is 272 g/mol. The Labute approximate surface area is 124 Å². The lowest BCUT2D eigenvalue weighted by Gasteiger charge is -2.29. The summed E-state index contributed by atoms with van der Waals surface area (Å²) in [5, 5.41) is 1.04. The Morgan fingerprint density at radius 2 is 2.20 bits per heavy atom. The third-order valence-corrected chi connectivity index (χ3v) is 5.09. The highest BCUT2D eigenvalue weighted by Crippen LogP contribution is 2.21. The zero-order chi connectivity index (χ0) is 14.5. The molecule has 5 nitrogen and oxygen atoms in total. The average molecular weight is 296 g/mol. The Morgan fingerprint density at radius 1 is 1.50 bits per heavy atom. The number of amides is 1. The Morgan fingerprint density at radius 3 is 2.80 bits per heavy atom. The summed E-state index contributed by atoms with van der Waals surface area (Å²) in [5.74, 6) is 5.85. The van der Waals surface area contributed by atoms with Crippen molar-refractivity contribution in [1.82, 2.24) is 15.3 Å². The molecule has 2 heterocycles. The molecule has 0 unspecified atom stereocenters. The molecule has 3 N–H and O–H groups in total. The van der Waals surface area contributed by atoms with E-state index in [-0.39, 0.29) is 5.91 Å². The van der Waals surface area contributed by atoms with Gasteiger partial charge in [0.05, 0.1) is 10.7 Å². The van der Waals surface area contributed by atoms with Crippen LogP contribution in [0.15, 0.2) is 0 Å². The minimum Gasteiger partial charge on any atom is -0.303 e. The van der Waals surface area contributed by atoms with Crippen LogP contribution in [0, 0.1) is 5.92 Å². The first-order valence-electron chi connectivity index (χ1n) is 7.36. The summed E-state index contributed by atoms with van der Waals surface area (Å²) in [7, 11) is 0. The molecule has 2 rings (SSSR count). The number of likely N-dealkylation sites (tertiary alicyclic amines) is 1. The number of hydrazine groups is 1. The predicted molar refractivity (Wildman–Crippen MR) is 81.7 cm³/mol. The summed E-state index contributed by atoms with van der Waals surface area (Å²) in [6.45, 7) is 7.74. The molecule has 1 saturated heterocycles. The zero-order valence-corrected chi connectivity index (χ0v) is 13.1. The number of carbonyl (C=O) groups excluding carboxylic acids is 1. The van der Waals surface area contributed by atoms with Crippen molar-refractivity contribution < 1.29 is 4.79 Å². The van der Waals surface area contributed by atoms with Crippen LogP contribution in [-0.4, -0.2) is 35.4 Å². The Kier molecular flexibility index (Phi) is 5.51. The molecule has 20 heavy (non-hydrogen) atoms. The van der Waals surface area contributed by atoms with Crippen molar-refractivity contribution >= 4 is 17.2 Å². The second kappa shape index (κ2) is 7.15. The van der Waals surface area contributed by atoms with Crippen molar-refractivity contribution in [2.45, 2.75) is 39.5 Å². The molecule has 0 radical (unpaired) electrons. The molecule has 112 valence electrons. The number of aromatic nitrogens is 1. The number of hydrogen-bond donors (Lipinski definition) is 2. The van der Waals surface area contributed by atoms with Gasteiger partial charge in [0.1, 0.15) is 4.88 Å². The second-order valence-electron chi connectivity index (χ2n) is 5.48. The van der Waals surface area contributed by atoms with Gasteiger partial charge in [0.15, 0.2) is 0 Å². The lowest BCUT2D eigenvalue weighted by molar-refractivity contribution is 0.0956. The highest BCUT2D eigenvalue weighted by molar-refractivity contribution is 7.13. The van der Waals surface area contributed by atoms with Gasteiger partial charge in [-0.05, 0) is 38.3 Å². The number of nitrogens with two attached hydrogens (primary N) is 1. The number of carbonyl (C=O) groups is 1. The molecule has 1 amide bonds. The molecule has 6 heteroatoms. The molecule has 1 aliphatic heterocycles. The first-order valence-corrected chi connectivity index (χ1v) is 8.17. The summed E-state index contributed by atoms with van der Waals surface area (Å²) >= 11 is 1.48. The van der Waals surface area contributed by atoms with Crippen molar-refractivity contribution in [3.63, 3.8) is 0 Å². The molecule has 0 aliphatic carbocycles. The van der Waals surface area contributed by atoms with Gasteiger partial charge in [-0.15, -0.1) is 11.3 Å². The highest BCUT2D eigenvalue weighted by atomic mass is 32.1. The normalized spacial score (nSPS) is 17.4. The van der Waals surface area contributed by atoms with Crippen LogP contribution in [0.2, 0.25) is 0 Å². The van der Waals surface area contributed by atoms with E-state index < -0.39 is 0 Å². The fourth-order valence-electron chi connectivity index (χ4n) is 2.53. The van der Waals surface area contributed by atoms with Gasteiger partial charge in [-0.2, -0.15) is 0 Å². The molecule has 0 spiro atoms. The van der Waals surface area contributed by atoms with Gasteiger partial charge in [0, 0.05) is 13.0 Å². The molecule has 1 fully saturated rings. The van der Waals surface area contributed by atoms with E-state index in [4.69, 9.17) is 5.84 Å². The summed E-state index contributed by atoms with van der Waals surface area (Å²) in [4.78, 5) is 19.4. The number of rotatable bonds is 5. The standard InChI is InChI=1S/C14H24N4OS/c1-3-11-13(14(19)17-15)20-12(16-11)6-9-18-7-4-10(2)5-8-18/h10H,3-9,15H2,1-2H3,(H,17,19). The number of nitrogens with zero attached hydrogens (tertiary/aromatic N) is 2. The number of hydrogen-bond acceptors (Lipinski definition) is 5. The lowest BCUT2D eigenvalue weighted by Crippen LogP contribution is -2.34. The number of aryl methyl sites for hydroxylation is 1. The van der Waals surface area contributed by atoms with Crippen molar-refractivity contribution in [3.05, 3.63) is 15.6 Å². The number of thiazole rings is 1. The second-order valence-corrected chi connectivity index (χ2v) is 6.57. The number of nitrogen functional groups attached to an aromatic ring is 1. The third-order valence-electron chi connectivity index (χ3n) is 3.93. The SMILES string of the molecule is CCc1nc(CCN2CCC(C)CC2)sc1C(=O)NN. The number of piperidine rings is 1. The highest BCUT2D eigenvalue weighted by Gasteiger charge is 2.18. The maximum atomic E-state index is 11.7. The topological polar surface area (TPSA) is 71.2 Å². The van der Waals surface area contributed by atoms with E-state index in [1.54, 1.807) is 0 Å². The summed E-state index contributed by atoms with van der Waals surface area (Å²) < 4.78 is 0. The van der Waals surface area contributed by atoms with E-state index in [1.807, 2.05) is 6.92 Å². The molecular formula is C14H24N4OS. The fourth-order valence-corrected chi connectivity index (χ4v) is 3.57. The number of nitrogens with one attached hydrogen (secondary N) is 1. The van der Waals surface area contributed by atoms with Gasteiger partial charge >= 0.3 is 0 Å². The molecule has 0 bridgehead atoms. The van der Waals surface area contributed by atoms with Gasteiger partial charge in [0.25, 0.3) is 5.91 Å². The van der Waals surface area contributed by atoms with Crippen LogP contribution < -0.4 is 11.3 Å². The van der Waals surface area contributed by atoms with Crippen LogP contribution in [0.1, 0.15) is 47.1 Å². The Bertz CT molecular complexity index is 452. The van der Waals surface area contributed by atoms with Gasteiger partial charge < -0.3 is 4.90 Å². The molecule has 1 aliphatic rings. The summed E-state index contributed by atoms with van der Waals surface area (Å²) in [6.07, 6.45) is 4.27. The van der Waals surface area contributed by atoms with Crippen molar-refractivity contribution in [2.75, 3.05) is 19.6 Å². The van der Waals surface area contributed by atoms with E-state index in [0.717, 1.165) is 36.0 Å². The minimum atomic E-state index is -0.225. The van der Waals surface area contributed by atoms with Crippen LogP contribution in [0.25, 0.3) is 0 Å². The molecule has 0 aromatic carbocycles. The molecule has 0 atom stereocenters. The minimum absolute atomic E-state index is 0.225. The third kappa shape index (κ3) is 3.77. The zero-order valence-electron chi connectivity index (χ0n) is 12.3. The van der Waals surface area contributed by atoms with E-state index in [2.05, 4.69) is 22.2 Å². The predicted octanol–water partition coefficient (Wildman–Crippen LogP) is 1.58. The molecule has 1 aromatic heterocycles. The van der Waals surface area contributed by atoms with Gasteiger partial charge in [-0.3, -0.25) is 10.2 Å². The van der Waals surface area contributed by atoms with Crippen LogP contribution in [-0.2, 0) is 12.8 Å². The van der Waals surface area contributed by atoms with E-state index in [9.17, 15) is 4.79 Å². The van der Waals surface area contributed by atoms with Crippen LogP contribution in [0.5, 0.6) is 0 Å². The fraction of sp³-hybridized carbons (Fsp3) is 0.714. The largest absolute Gasteiger partial charge is 0.303 e. The van der Waals surface area contributed by atoms with Gasteiger partial charge in [-0.25, -0.2) is 10.8 Å². The Hall–Kier alpha value is -0.980. The van der Waals surface area contributed by atoms with E-state index in [1.165, 1.54) is 37.3 Å². The van der Waals surface area contributed by atoms with E-state index >= 15 is 0 Å². The van der Waals surface area contributed by atoms with Crippen molar-refractivity contribution in [2.24, 2.45) is 11.8 Å². The first kappa shape index (κ1) is 15.4. The lowest BCUT2D eigenvalue weighted by atomic mass is 9.99. The smallest absolute Gasteiger partial charge is 0.277 e. The maximum Gasteiger partial charge on any atom is 0.277 e. The van der Waals surface area contributed by atoms with Gasteiger partial charge in [-0.1, -0.05) is 13.8 Å². The van der Waals surface area contributed by atoms with Crippen molar-refractivity contribution in [3.8, 4) is 0 Å². The molecule has 1 aromatic rings. The average Bonchev–Trinajstić information content (AvgIpc) is 2.89. The van der Waals surface area contributed by atoms with Crippen LogP contribution in [0.3, 0.4) is 0 Å². The van der Waals surface area contributed by atoms with Crippen molar-refractivity contribution in [1.29, 1.82) is 0 Å². The monoisotopic (exact) mass is 296 g/mol.